The molecule has 0 radical (unpaired) electrons. The summed E-state index contributed by atoms with van der Waals surface area (Å²) in [4.78, 5) is 0. The van der Waals surface area contributed by atoms with Gasteiger partial charge in [0.25, 0.3) is 0 Å². The van der Waals surface area contributed by atoms with Gasteiger partial charge in [-0.05, 0) is 42.6 Å². The number of aliphatic hydroxyl groups is 1. The first-order valence-corrected chi connectivity index (χ1v) is 8.32. The van der Waals surface area contributed by atoms with Crippen molar-refractivity contribution in [1.82, 2.24) is 5.32 Å². The largest absolute Gasteiger partial charge is 0.389 e. The van der Waals surface area contributed by atoms with Gasteiger partial charge in [0.15, 0.2) is 0 Å². The van der Waals surface area contributed by atoms with Gasteiger partial charge >= 0.3 is 0 Å². The van der Waals surface area contributed by atoms with Gasteiger partial charge in [-0.1, -0.05) is 58.0 Å². The van der Waals surface area contributed by atoms with Crippen molar-refractivity contribution in [2.24, 2.45) is 11.3 Å². The van der Waals surface area contributed by atoms with Crippen molar-refractivity contribution in [2.45, 2.75) is 65.0 Å². The van der Waals surface area contributed by atoms with E-state index in [9.17, 15) is 5.11 Å². The molecule has 1 atom stereocenters. The van der Waals surface area contributed by atoms with Crippen LogP contribution in [0.5, 0.6) is 0 Å². The van der Waals surface area contributed by atoms with Gasteiger partial charge in [0, 0.05) is 12.6 Å². The fourth-order valence-corrected chi connectivity index (χ4v) is 3.27. The molecule has 1 aromatic carbocycles. The maximum absolute atomic E-state index is 10.8. The molecule has 1 aliphatic carbocycles. The van der Waals surface area contributed by atoms with Gasteiger partial charge in [-0.25, -0.2) is 0 Å². The zero-order valence-electron chi connectivity index (χ0n) is 14.0. The molecule has 2 heteroatoms. The molecule has 0 bridgehead atoms. The molecule has 21 heavy (non-hydrogen) atoms. The van der Waals surface area contributed by atoms with Gasteiger partial charge in [-0.3, -0.25) is 0 Å². The van der Waals surface area contributed by atoms with E-state index in [0.717, 1.165) is 25.7 Å². The minimum absolute atomic E-state index is 0.310. The highest BCUT2D eigenvalue weighted by Crippen LogP contribution is 2.40. The van der Waals surface area contributed by atoms with Crippen LogP contribution in [0.25, 0.3) is 0 Å². The highest BCUT2D eigenvalue weighted by molar-refractivity contribution is 5.19. The average molecular weight is 289 g/mol. The third-order valence-electron chi connectivity index (χ3n) is 5.01. The molecule has 0 aliphatic heterocycles. The third-order valence-corrected chi connectivity index (χ3v) is 5.01. The van der Waals surface area contributed by atoms with Crippen molar-refractivity contribution in [2.75, 3.05) is 6.54 Å². The predicted molar refractivity (Wildman–Crippen MR) is 89.2 cm³/mol. The lowest BCUT2D eigenvalue weighted by Gasteiger charge is -2.41. The van der Waals surface area contributed by atoms with Crippen LogP contribution in [0.4, 0.5) is 0 Å². The molecular formula is C19H31NO. The number of hydrogen-bond donors (Lipinski definition) is 2. The lowest BCUT2D eigenvalue weighted by Crippen LogP contribution is -2.46. The zero-order valence-corrected chi connectivity index (χ0v) is 14.0. The van der Waals surface area contributed by atoms with Gasteiger partial charge in [-0.15, -0.1) is 0 Å². The molecule has 1 unspecified atom stereocenters. The van der Waals surface area contributed by atoms with E-state index in [1.807, 2.05) is 0 Å². The van der Waals surface area contributed by atoms with Crippen molar-refractivity contribution in [3.8, 4) is 0 Å². The van der Waals surface area contributed by atoms with E-state index in [1.54, 1.807) is 0 Å². The molecule has 2 rings (SSSR count). The molecule has 2 nitrogen and oxygen atoms in total. The summed E-state index contributed by atoms with van der Waals surface area (Å²) in [5.74, 6) is 0.510. The smallest absolute Gasteiger partial charge is 0.0772 e. The molecule has 0 heterocycles. The second-order valence-electron chi connectivity index (χ2n) is 7.90. The standard InChI is InChI=1S/C19H31NO/c1-15(2)17(16-8-6-5-7-9-16)20-14-19(21)12-10-18(3,4)11-13-19/h5-9,15,17,20-21H,10-14H2,1-4H3. The molecular weight excluding hydrogens is 258 g/mol. The average Bonchev–Trinajstić information content (AvgIpc) is 2.44. The minimum atomic E-state index is -0.530. The van der Waals surface area contributed by atoms with E-state index in [4.69, 9.17) is 0 Å². The molecule has 1 aromatic rings. The molecule has 2 N–H and O–H groups in total. The van der Waals surface area contributed by atoms with Gasteiger partial charge in [0.2, 0.25) is 0 Å². The summed E-state index contributed by atoms with van der Waals surface area (Å²) < 4.78 is 0. The van der Waals surface area contributed by atoms with Gasteiger partial charge in [0.05, 0.1) is 5.60 Å². The van der Waals surface area contributed by atoms with Crippen LogP contribution in [0.3, 0.4) is 0 Å². The SMILES string of the molecule is CC(C)C(NCC1(O)CCC(C)(C)CC1)c1ccccc1. The first-order valence-electron chi connectivity index (χ1n) is 8.32. The normalized spacial score (nSPS) is 22.2. The number of nitrogens with one attached hydrogen (secondary N) is 1. The van der Waals surface area contributed by atoms with E-state index in [1.165, 1.54) is 5.56 Å². The highest BCUT2D eigenvalue weighted by Gasteiger charge is 2.36. The van der Waals surface area contributed by atoms with Gasteiger partial charge in [-0.2, -0.15) is 0 Å². The molecule has 1 saturated carbocycles. The van der Waals surface area contributed by atoms with Crippen LogP contribution in [0.2, 0.25) is 0 Å². The van der Waals surface area contributed by atoms with Crippen LogP contribution in [-0.4, -0.2) is 17.3 Å². The van der Waals surface area contributed by atoms with E-state index in [-0.39, 0.29) is 0 Å². The van der Waals surface area contributed by atoms with Crippen molar-refractivity contribution in [1.29, 1.82) is 0 Å². The van der Waals surface area contributed by atoms with E-state index < -0.39 is 5.60 Å². The Morgan fingerprint density at radius 3 is 2.14 bits per heavy atom. The quantitative estimate of drug-likeness (QED) is 0.847. The lowest BCUT2D eigenvalue weighted by molar-refractivity contribution is -0.0270. The van der Waals surface area contributed by atoms with Crippen LogP contribution in [-0.2, 0) is 0 Å². The lowest BCUT2D eigenvalue weighted by atomic mass is 9.71. The summed E-state index contributed by atoms with van der Waals surface area (Å²) in [6.07, 6.45) is 4.05. The van der Waals surface area contributed by atoms with Crippen molar-refractivity contribution >= 4 is 0 Å². The zero-order chi connectivity index (χ0) is 15.5. The van der Waals surface area contributed by atoms with Crippen LogP contribution in [0.1, 0.15) is 65.0 Å². The van der Waals surface area contributed by atoms with Crippen molar-refractivity contribution in [3.63, 3.8) is 0 Å². The number of hydrogen-bond acceptors (Lipinski definition) is 2. The fraction of sp³-hybridized carbons (Fsp3) is 0.684. The Labute approximate surface area is 130 Å². The topological polar surface area (TPSA) is 32.3 Å². The second kappa shape index (κ2) is 6.50. The number of rotatable bonds is 5. The Balaban J connectivity index is 1.97. The van der Waals surface area contributed by atoms with Crippen molar-refractivity contribution in [3.05, 3.63) is 35.9 Å². The summed E-state index contributed by atoms with van der Waals surface area (Å²) in [6.45, 7) is 9.78. The molecule has 118 valence electrons. The van der Waals surface area contributed by atoms with Crippen LogP contribution >= 0.6 is 0 Å². The summed E-state index contributed by atoms with van der Waals surface area (Å²) >= 11 is 0. The Kier molecular flexibility index (Phi) is 5.11. The number of benzene rings is 1. The molecule has 1 fully saturated rings. The van der Waals surface area contributed by atoms with E-state index in [0.29, 0.717) is 23.9 Å². The van der Waals surface area contributed by atoms with Gasteiger partial charge in [0.1, 0.15) is 0 Å². The first-order chi connectivity index (χ1) is 9.81. The Bertz CT molecular complexity index is 428. The van der Waals surface area contributed by atoms with Crippen LogP contribution in [0, 0.1) is 11.3 Å². The molecule has 0 aromatic heterocycles. The monoisotopic (exact) mass is 289 g/mol. The van der Waals surface area contributed by atoms with Crippen molar-refractivity contribution < 1.29 is 5.11 Å². The summed E-state index contributed by atoms with van der Waals surface area (Å²) in [7, 11) is 0. The Hall–Kier alpha value is -0.860. The maximum atomic E-state index is 10.8. The van der Waals surface area contributed by atoms with E-state index >= 15 is 0 Å². The molecule has 0 amide bonds. The Morgan fingerprint density at radius 2 is 1.62 bits per heavy atom. The minimum Gasteiger partial charge on any atom is -0.389 e. The molecule has 0 saturated heterocycles. The summed E-state index contributed by atoms with van der Waals surface area (Å²) in [5.41, 5.74) is 1.17. The van der Waals surface area contributed by atoms with Crippen LogP contribution in [0.15, 0.2) is 30.3 Å². The Morgan fingerprint density at radius 1 is 1.05 bits per heavy atom. The first kappa shape index (κ1) is 16.5. The highest BCUT2D eigenvalue weighted by atomic mass is 16.3. The molecule has 0 spiro atoms. The van der Waals surface area contributed by atoms with Crippen LogP contribution < -0.4 is 5.32 Å². The van der Waals surface area contributed by atoms with E-state index in [2.05, 4.69) is 63.3 Å². The summed E-state index contributed by atoms with van der Waals surface area (Å²) in [6, 6.07) is 10.9. The molecule has 1 aliphatic rings. The third kappa shape index (κ3) is 4.55. The maximum Gasteiger partial charge on any atom is 0.0772 e. The predicted octanol–water partition coefficient (Wildman–Crippen LogP) is 4.30. The van der Waals surface area contributed by atoms with Gasteiger partial charge < -0.3 is 10.4 Å². The second-order valence-corrected chi connectivity index (χ2v) is 7.90. The fourth-order valence-electron chi connectivity index (χ4n) is 3.27. The summed E-state index contributed by atoms with van der Waals surface area (Å²) in [5, 5.41) is 14.4.